The minimum absolute atomic E-state index is 0.427. The Balaban J connectivity index is 2.13. The van der Waals surface area contributed by atoms with E-state index in [0.29, 0.717) is 5.41 Å². The molecule has 1 fully saturated rings. The van der Waals surface area contributed by atoms with Gasteiger partial charge in [-0.1, -0.05) is 29.8 Å². The summed E-state index contributed by atoms with van der Waals surface area (Å²) in [4.78, 5) is 0. The summed E-state index contributed by atoms with van der Waals surface area (Å²) in [7, 11) is 0. The second-order valence-corrected chi connectivity index (χ2v) is 5.85. The summed E-state index contributed by atoms with van der Waals surface area (Å²) in [5, 5.41) is 1.08. The van der Waals surface area contributed by atoms with Gasteiger partial charge in [0.1, 0.15) is 0 Å². The summed E-state index contributed by atoms with van der Waals surface area (Å²) >= 11 is 3.65. The Morgan fingerprint density at radius 2 is 1.94 bits per heavy atom. The molecule has 0 aromatic carbocycles. The van der Waals surface area contributed by atoms with Gasteiger partial charge in [-0.3, -0.25) is 0 Å². The molecule has 0 saturated carbocycles. The summed E-state index contributed by atoms with van der Waals surface area (Å²) in [6.07, 6.45) is 4.68. The van der Waals surface area contributed by atoms with Crippen LogP contribution in [0.4, 0.5) is 0 Å². The molecule has 1 aliphatic rings. The van der Waals surface area contributed by atoms with E-state index in [4.69, 9.17) is 9.47 Å². The van der Waals surface area contributed by atoms with E-state index in [-0.39, 0.29) is 0 Å². The van der Waals surface area contributed by atoms with Crippen LogP contribution >= 0.6 is 15.9 Å². The second-order valence-electron chi connectivity index (χ2n) is 5.29. The maximum absolute atomic E-state index is 5.71. The maximum Gasteiger partial charge on any atom is 0.0471 e. The molecule has 96 valence electrons. The minimum Gasteiger partial charge on any atom is -0.381 e. The highest BCUT2D eigenvalue weighted by molar-refractivity contribution is 9.09. The fourth-order valence-corrected chi connectivity index (χ4v) is 2.81. The van der Waals surface area contributed by atoms with Crippen LogP contribution in [0.25, 0.3) is 0 Å². The van der Waals surface area contributed by atoms with Crippen LogP contribution < -0.4 is 0 Å². The van der Waals surface area contributed by atoms with Crippen molar-refractivity contribution in [1.82, 2.24) is 0 Å². The molecule has 1 rings (SSSR count). The van der Waals surface area contributed by atoms with E-state index in [0.717, 1.165) is 37.7 Å². The van der Waals surface area contributed by atoms with E-state index in [2.05, 4.69) is 29.8 Å². The first-order chi connectivity index (χ1) is 7.68. The number of hydrogen-bond donors (Lipinski definition) is 0. The monoisotopic (exact) mass is 292 g/mol. The van der Waals surface area contributed by atoms with Gasteiger partial charge in [0.05, 0.1) is 0 Å². The van der Waals surface area contributed by atoms with Crippen LogP contribution in [-0.4, -0.2) is 31.8 Å². The summed E-state index contributed by atoms with van der Waals surface area (Å²) < 4.78 is 11.1. The molecule has 0 radical (unpaired) electrons. The van der Waals surface area contributed by atoms with Crippen molar-refractivity contribution < 1.29 is 9.47 Å². The lowest BCUT2D eigenvalue weighted by Crippen LogP contribution is -2.32. The fourth-order valence-electron chi connectivity index (χ4n) is 1.96. The van der Waals surface area contributed by atoms with E-state index < -0.39 is 0 Å². The standard InChI is InChI=1S/C13H25BrO2/c1-12(2)3-7-15-8-4-13(11-14)5-9-16-10-6-13/h12H,3-11H2,1-2H3. The molecule has 0 spiro atoms. The van der Waals surface area contributed by atoms with Gasteiger partial charge in [-0.15, -0.1) is 0 Å². The zero-order chi connectivity index (χ0) is 11.9. The molecule has 0 aromatic heterocycles. The molecule has 16 heavy (non-hydrogen) atoms. The third-order valence-electron chi connectivity index (χ3n) is 3.45. The first-order valence-corrected chi connectivity index (χ1v) is 7.52. The quantitative estimate of drug-likeness (QED) is 0.527. The first kappa shape index (κ1) is 14.5. The van der Waals surface area contributed by atoms with Crippen LogP contribution in [0.1, 0.15) is 39.5 Å². The zero-order valence-electron chi connectivity index (χ0n) is 10.6. The predicted molar refractivity (Wildman–Crippen MR) is 71.2 cm³/mol. The van der Waals surface area contributed by atoms with Gasteiger partial charge in [-0.2, -0.15) is 0 Å². The molecule has 1 saturated heterocycles. The topological polar surface area (TPSA) is 18.5 Å². The zero-order valence-corrected chi connectivity index (χ0v) is 12.2. The van der Waals surface area contributed by atoms with Crippen LogP contribution in [0.5, 0.6) is 0 Å². The summed E-state index contributed by atoms with van der Waals surface area (Å²) in [6, 6.07) is 0. The lowest BCUT2D eigenvalue weighted by molar-refractivity contribution is 0.00483. The van der Waals surface area contributed by atoms with Gasteiger partial charge in [0.2, 0.25) is 0 Å². The molecular weight excluding hydrogens is 268 g/mol. The van der Waals surface area contributed by atoms with E-state index >= 15 is 0 Å². The lowest BCUT2D eigenvalue weighted by Gasteiger charge is -2.35. The first-order valence-electron chi connectivity index (χ1n) is 6.40. The van der Waals surface area contributed by atoms with Crippen molar-refractivity contribution in [2.24, 2.45) is 11.3 Å². The molecule has 0 aliphatic carbocycles. The number of ether oxygens (including phenoxy) is 2. The van der Waals surface area contributed by atoms with Gasteiger partial charge in [-0.25, -0.2) is 0 Å². The van der Waals surface area contributed by atoms with Crippen LogP contribution in [0.3, 0.4) is 0 Å². The van der Waals surface area contributed by atoms with Gasteiger partial charge in [-0.05, 0) is 37.0 Å². The fraction of sp³-hybridized carbons (Fsp3) is 1.00. The largest absolute Gasteiger partial charge is 0.381 e. The lowest BCUT2D eigenvalue weighted by atomic mass is 9.80. The van der Waals surface area contributed by atoms with Gasteiger partial charge in [0, 0.05) is 31.8 Å². The van der Waals surface area contributed by atoms with Crippen molar-refractivity contribution >= 4 is 15.9 Å². The molecule has 0 atom stereocenters. The third kappa shape index (κ3) is 5.15. The van der Waals surface area contributed by atoms with E-state index in [1.807, 2.05) is 0 Å². The minimum atomic E-state index is 0.427. The van der Waals surface area contributed by atoms with E-state index in [1.54, 1.807) is 0 Å². The smallest absolute Gasteiger partial charge is 0.0471 e. The van der Waals surface area contributed by atoms with Gasteiger partial charge >= 0.3 is 0 Å². The Morgan fingerprint density at radius 3 is 2.50 bits per heavy atom. The Kier molecular flexibility index (Phi) is 6.94. The van der Waals surface area contributed by atoms with Crippen molar-refractivity contribution in [3.63, 3.8) is 0 Å². The average molecular weight is 293 g/mol. The summed E-state index contributed by atoms with van der Waals surface area (Å²) in [5.74, 6) is 0.744. The van der Waals surface area contributed by atoms with Gasteiger partial charge in [0.25, 0.3) is 0 Å². The Labute approximate surface area is 108 Å². The Hall–Kier alpha value is 0.400. The molecule has 0 unspecified atom stereocenters. The van der Waals surface area contributed by atoms with E-state index in [1.165, 1.54) is 25.7 Å². The SMILES string of the molecule is CC(C)CCOCCC1(CBr)CCOCC1. The second kappa shape index (κ2) is 7.67. The normalized spacial score (nSPS) is 20.2. The van der Waals surface area contributed by atoms with Crippen LogP contribution in [-0.2, 0) is 9.47 Å². The molecule has 0 amide bonds. The molecule has 2 nitrogen and oxygen atoms in total. The Morgan fingerprint density at radius 1 is 1.25 bits per heavy atom. The molecule has 0 N–H and O–H groups in total. The highest BCUT2D eigenvalue weighted by Crippen LogP contribution is 2.35. The van der Waals surface area contributed by atoms with Crippen molar-refractivity contribution in [1.29, 1.82) is 0 Å². The molecule has 0 aromatic rings. The molecule has 1 heterocycles. The highest BCUT2D eigenvalue weighted by atomic mass is 79.9. The molecular formula is C13H25BrO2. The number of halogens is 1. The third-order valence-corrected chi connectivity index (χ3v) is 4.64. The van der Waals surface area contributed by atoms with Gasteiger partial charge in [0.15, 0.2) is 0 Å². The molecule has 3 heteroatoms. The average Bonchev–Trinajstić information content (AvgIpc) is 2.29. The number of rotatable bonds is 7. The van der Waals surface area contributed by atoms with Crippen LogP contribution in [0, 0.1) is 11.3 Å². The molecule has 0 bridgehead atoms. The predicted octanol–water partition coefficient (Wildman–Crippen LogP) is 3.63. The van der Waals surface area contributed by atoms with Crippen molar-refractivity contribution in [2.75, 3.05) is 31.8 Å². The van der Waals surface area contributed by atoms with Crippen LogP contribution in [0.2, 0.25) is 0 Å². The van der Waals surface area contributed by atoms with Crippen LogP contribution in [0.15, 0.2) is 0 Å². The van der Waals surface area contributed by atoms with Crippen molar-refractivity contribution in [2.45, 2.75) is 39.5 Å². The van der Waals surface area contributed by atoms with Gasteiger partial charge < -0.3 is 9.47 Å². The van der Waals surface area contributed by atoms with E-state index in [9.17, 15) is 0 Å². The molecule has 1 aliphatic heterocycles. The summed E-state index contributed by atoms with van der Waals surface area (Å²) in [5.41, 5.74) is 0.427. The summed E-state index contributed by atoms with van der Waals surface area (Å²) in [6.45, 7) is 8.11. The number of hydrogen-bond acceptors (Lipinski definition) is 2. The maximum atomic E-state index is 5.71. The Bertz CT molecular complexity index is 177. The van der Waals surface area contributed by atoms with Crippen molar-refractivity contribution in [3.05, 3.63) is 0 Å². The van der Waals surface area contributed by atoms with Crippen molar-refractivity contribution in [3.8, 4) is 0 Å². The number of alkyl halides is 1. The highest BCUT2D eigenvalue weighted by Gasteiger charge is 2.30.